The third kappa shape index (κ3) is 3.49. The average molecular weight is 310 g/mol. The zero-order valence-electron chi connectivity index (χ0n) is 12.6. The molecule has 1 aromatic rings. The van der Waals surface area contributed by atoms with E-state index < -0.39 is 0 Å². The van der Waals surface area contributed by atoms with E-state index in [2.05, 4.69) is 36.7 Å². The molecule has 0 bridgehead atoms. The Hall–Kier alpha value is -1.28. The lowest BCUT2D eigenvalue weighted by Gasteiger charge is -2.27. The number of hydrogen-bond donors (Lipinski definition) is 2. The van der Waals surface area contributed by atoms with E-state index in [9.17, 15) is 0 Å². The Morgan fingerprint density at radius 1 is 1.19 bits per heavy atom. The minimum Gasteiger partial charge on any atom is -0.378 e. The van der Waals surface area contributed by atoms with Crippen LogP contribution in [0.3, 0.4) is 0 Å². The zero-order chi connectivity index (χ0) is 14.7. The van der Waals surface area contributed by atoms with E-state index in [1.807, 2.05) is 18.8 Å². The Bertz CT molecular complexity index is 490. The second kappa shape index (κ2) is 6.23. The first kappa shape index (κ1) is 14.6. The molecule has 0 amide bonds. The van der Waals surface area contributed by atoms with Crippen LogP contribution in [0.5, 0.6) is 0 Å². The molecule has 8 heteroatoms. The standard InChI is InChI=1S/C13H22N6OS/c1-14-10-16-11(15-9-13(21-2)3-4-13)18-12(17-10)19-5-7-20-8-6-19/h3-9H2,1-2H3,(H2,14,15,16,17,18). The molecule has 3 rings (SSSR count). The fourth-order valence-electron chi connectivity index (χ4n) is 2.29. The summed E-state index contributed by atoms with van der Waals surface area (Å²) in [7, 11) is 1.83. The highest BCUT2D eigenvalue weighted by atomic mass is 32.2. The number of rotatable bonds is 6. The highest BCUT2D eigenvalue weighted by Gasteiger charge is 2.41. The van der Waals surface area contributed by atoms with Gasteiger partial charge in [-0.1, -0.05) is 0 Å². The molecule has 0 spiro atoms. The smallest absolute Gasteiger partial charge is 0.232 e. The Balaban J connectivity index is 1.73. The van der Waals surface area contributed by atoms with E-state index in [1.165, 1.54) is 12.8 Å². The Morgan fingerprint density at radius 3 is 2.52 bits per heavy atom. The lowest BCUT2D eigenvalue weighted by molar-refractivity contribution is 0.122. The molecule has 116 valence electrons. The molecule has 2 heterocycles. The summed E-state index contributed by atoms with van der Waals surface area (Å²) in [6.45, 7) is 3.99. The molecular formula is C13H22N6OS. The molecule has 0 unspecified atom stereocenters. The molecule has 1 saturated heterocycles. The number of hydrogen-bond acceptors (Lipinski definition) is 8. The molecular weight excluding hydrogens is 288 g/mol. The van der Waals surface area contributed by atoms with Gasteiger partial charge in [0.05, 0.1) is 13.2 Å². The lowest BCUT2D eigenvalue weighted by Crippen LogP contribution is -2.37. The molecule has 0 radical (unpaired) electrons. The third-order valence-electron chi connectivity index (χ3n) is 3.95. The molecule has 1 aliphatic heterocycles. The van der Waals surface area contributed by atoms with Crippen molar-refractivity contribution in [3.8, 4) is 0 Å². The fourth-order valence-corrected chi connectivity index (χ4v) is 3.02. The summed E-state index contributed by atoms with van der Waals surface area (Å²) >= 11 is 1.92. The number of morpholine rings is 1. The van der Waals surface area contributed by atoms with Gasteiger partial charge in [-0.2, -0.15) is 26.7 Å². The zero-order valence-corrected chi connectivity index (χ0v) is 13.4. The Kier molecular flexibility index (Phi) is 4.34. The first-order valence-corrected chi connectivity index (χ1v) is 8.53. The number of thioether (sulfide) groups is 1. The van der Waals surface area contributed by atoms with E-state index >= 15 is 0 Å². The van der Waals surface area contributed by atoms with E-state index in [0.717, 1.165) is 32.8 Å². The third-order valence-corrected chi connectivity index (χ3v) is 5.37. The molecule has 2 fully saturated rings. The maximum atomic E-state index is 5.38. The first-order valence-electron chi connectivity index (χ1n) is 7.30. The number of nitrogens with zero attached hydrogens (tertiary/aromatic N) is 4. The van der Waals surface area contributed by atoms with Crippen LogP contribution < -0.4 is 15.5 Å². The SMILES string of the molecule is CNc1nc(NCC2(SC)CC2)nc(N2CCOCC2)n1. The quantitative estimate of drug-likeness (QED) is 0.808. The molecule has 2 aliphatic rings. The molecule has 1 saturated carbocycles. The number of nitrogens with one attached hydrogen (secondary N) is 2. The van der Waals surface area contributed by atoms with Gasteiger partial charge >= 0.3 is 0 Å². The summed E-state index contributed by atoms with van der Waals surface area (Å²) in [6, 6.07) is 0. The summed E-state index contributed by atoms with van der Waals surface area (Å²) < 4.78 is 5.76. The first-order chi connectivity index (χ1) is 10.2. The van der Waals surface area contributed by atoms with Gasteiger partial charge in [0.2, 0.25) is 17.8 Å². The van der Waals surface area contributed by atoms with Crippen molar-refractivity contribution < 1.29 is 4.74 Å². The molecule has 0 aromatic carbocycles. The van der Waals surface area contributed by atoms with Gasteiger partial charge in [-0.15, -0.1) is 0 Å². The van der Waals surface area contributed by atoms with E-state index in [4.69, 9.17) is 4.74 Å². The predicted octanol–water partition coefficient (Wildman–Crippen LogP) is 1.06. The lowest BCUT2D eigenvalue weighted by atomic mass is 10.4. The van der Waals surface area contributed by atoms with Crippen LogP contribution in [0.1, 0.15) is 12.8 Å². The van der Waals surface area contributed by atoms with Gasteiger partial charge < -0.3 is 20.3 Å². The monoisotopic (exact) mass is 310 g/mol. The largest absolute Gasteiger partial charge is 0.378 e. The Labute approximate surface area is 129 Å². The van der Waals surface area contributed by atoms with Crippen molar-refractivity contribution in [2.45, 2.75) is 17.6 Å². The molecule has 21 heavy (non-hydrogen) atoms. The maximum absolute atomic E-state index is 5.38. The minimum atomic E-state index is 0.381. The van der Waals surface area contributed by atoms with Crippen LogP contribution in [-0.4, -0.2) is 65.9 Å². The number of anilines is 3. The van der Waals surface area contributed by atoms with Crippen LogP contribution in [0.15, 0.2) is 0 Å². The minimum absolute atomic E-state index is 0.381. The van der Waals surface area contributed by atoms with E-state index in [0.29, 0.717) is 22.6 Å². The van der Waals surface area contributed by atoms with Gasteiger partial charge in [-0.05, 0) is 19.1 Å². The van der Waals surface area contributed by atoms with Crippen molar-refractivity contribution >= 4 is 29.6 Å². The van der Waals surface area contributed by atoms with Crippen LogP contribution in [0.2, 0.25) is 0 Å². The van der Waals surface area contributed by atoms with E-state index in [-0.39, 0.29) is 0 Å². The maximum Gasteiger partial charge on any atom is 0.232 e. The van der Waals surface area contributed by atoms with Gasteiger partial charge in [-0.25, -0.2) is 0 Å². The highest BCUT2D eigenvalue weighted by molar-refractivity contribution is 8.00. The van der Waals surface area contributed by atoms with Gasteiger partial charge in [0, 0.05) is 31.4 Å². The van der Waals surface area contributed by atoms with E-state index in [1.54, 1.807) is 0 Å². The second-order valence-corrected chi connectivity index (χ2v) is 6.65. The van der Waals surface area contributed by atoms with Gasteiger partial charge in [-0.3, -0.25) is 0 Å². The summed E-state index contributed by atoms with van der Waals surface area (Å²) in [5, 5.41) is 6.38. The summed E-state index contributed by atoms with van der Waals surface area (Å²) in [5.41, 5.74) is 0. The summed E-state index contributed by atoms with van der Waals surface area (Å²) in [4.78, 5) is 15.5. The van der Waals surface area contributed by atoms with Crippen LogP contribution in [0.25, 0.3) is 0 Å². The predicted molar refractivity (Wildman–Crippen MR) is 86.4 cm³/mol. The van der Waals surface area contributed by atoms with Gasteiger partial charge in [0.15, 0.2) is 0 Å². The van der Waals surface area contributed by atoms with Crippen LogP contribution in [0, 0.1) is 0 Å². The molecule has 0 atom stereocenters. The molecule has 1 aliphatic carbocycles. The summed E-state index contributed by atoms with van der Waals surface area (Å²) in [5.74, 6) is 1.97. The van der Waals surface area contributed by atoms with Crippen molar-refractivity contribution in [2.24, 2.45) is 0 Å². The van der Waals surface area contributed by atoms with Crippen LogP contribution in [0.4, 0.5) is 17.8 Å². The van der Waals surface area contributed by atoms with Gasteiger partial charge in [0.1, 0.15) is 0 Å². The average Bonchev–Trinajstić information content (AvgIpc) is 3.34. The van der Waals surface area contributed by atoms with Gasteiger partial charge in [0.25, 0.3) is 0 Å². The number of aromatic nitrogens is 3. The molecule has 1 aromatic heterocycles. The van der Waals surface area contributed by atoms with Crippen molar-refractivity contribution in [1.82, 2.24) is 15.0 Å². The van der Waals surface area contributed by atoms with Crippen molar-refractivity contribution in [3.05, 3.63) is 0 Å². The van der Waals surface area contributed by atoms with Crippen molar-refractivity contribution in [1.29, 1.82) is 0 Å². The topological polar surface area (TPSA) is 75.2 Å². The van der Waals surface area contributed by atoms with Crippen LogP contribution >= 0.6 is 11.8 Å². The van der Waals surface area contributed by atoms with Crippen LogP contribution in [-0.2, 0) is 4.74 Å². The second-order valence-electron chi connectivity index (χ2n) is 5.37. The van der Waals surface area contributed by atoms with Crippen molar-refractivity contribution in [2.75, 3.05) is 61.7 Å². The number of ether oxygens (including phenoxy) is 1. The Morgan fingerprint density at radius 2 is 1.90 bits per heavy atom. The summed E-state index contributed by atoms with van der Waals surface area (Å²) in [6.07, 6.45) is 4.70. The fraction of sp³-hybridized carbons (Fsp3) is 0.769. The van der Waals surface area contributed by atoms with Crippen molar-refractivity contribution in [3.63, 3.8) is 0 Å². The molecule has 2 N–H and O–H groups in total. The highest BCUT2D eigenvalue weighted by Crippen LogP contribution is 2.46. The molecule has 7 nitrogen and oxygen atoms in total. The normalized spacial score (nSPS) is 20.2.